The Hall–Kier alpha value is -0.870. The second-order valence-electron chi connectivity index (χ2n) is 2.79. The Labute approximate surface area is 88.8 Å². The predicted octanol–water partition coefficient (Wildman–Crippen LogP) is 1.60. The Bertz CT molecular complexity index is 265. The van der Waals surface area contributed by atoms with Crippen molar-refractivity contribution in [3.63, 3.8) is 0 Å². The van der Waals surface area contributed by atoms with Crippen LogP contribution in [0.2, 0.25) is 5.15 Å². The molecule has 1 rings (SSSR count). The van der Waals surface area contributed by atoms with Gasteiger partial charge in [0.1, 0.15) is 0 Å². The van der Waals surface area contributed by atoms with Crippen molar-refractivity contribution in [1.82, 2.24) is 10.2 Å². The summed E-state index contributed by atoms with van der Waals surface area (Å²) in [5, 5.41) is 8.19. The minimum Gasteiger partial charge on any atom is -0.383 e. The van der Waals surface area contributed by atoms with Crippen LogP contribution in [0.5, 0.6) is 0 Å². The van der Waals surface area contributed by atoms with Crippen LogP contribution in [0.4, 0.5) is 5.82 Å². The zero-order valence-electron chi connectivity index (χ0n) is 8.40. The summed E-state index contributed by atoms with van der Waals surface area (Å²) in [6.45, 7) is 4.42. The maximum absolute atomic E-state index is 5.65. The van der Waals surface area contributed by atoms with Crippen molar-refractivity contribution in [1.29, 1.82) is 0 Å². The second kappa shape index (κ2) is 5.78. The van der Waals surface area contributed by atoms with E-state index in [1.54, 1.807) is 13.2 Å². The van der Waals surface area contributed by atoms with Gasteiger partial charge in [0.05, 0.1) is 6.61 Å². The Kier molecular flexibility index (Phi) is 4.62. The molecule has 0 aliphatic carbocycles. The monoisotopic (exact) mass is 215 g/mol. The molecule has 0 atom stereocenters. The zero-order chi connectivity index (χ0) is 10.4. The molecule has 0 amide bonds. The highest BCUT2D eigenvalue weighted by atomic mass is 35.5. The molecule has 0 fully saturated rings. The van der Waals surface area contributed by atoms with Gasteiger partial charge in [0.25, 0.3) is 0 Å². The highest BCUT2D eigenvalue weighted by Gasteiger charge is 2.05. The highest BCUT2D eigenvalue weighted by Crippen LogP contribution is 2.10. The SMILES string of the molecule is CCN(CCOC)c1ccc(Cl)nn1. The van der Waals surface area contributed by atoms with Crippen molar-refractivity contribution >= 4 is 17.4 Å². The molecule has 0 aliphatic heterocycles. The molecule has 78 valence electrons. The Morgan fingerprint density at radius 1 is 1.43 bits per heavy atom. The van der Waals surface area contributed by atoms with Gasteiger partial charge in [0.2, 0.25) is 0 Å². The molecule has 0 aliphatic rings. The maximum Gasteiger partial charge on any atom is 0.151 e. The van der Waals surface area contributed by atoms with E-state index in [9.17, 15) is 0 Å². The zero-order valence-corrected chi connectivity index (χ0v) is 9.16. The molecule has 0 N–H and O–H groups in total. The van der Waals surface area contributed by atoms with E-state index < -0.39 is 0 Å². The van der Waals surface area contributed by atoms with Crippen LogP contribution < -0.4 is 4.90 Å². The lowest BCUT2D eigenvalue weighted by Crippen LogP contribution is -2.27. The van der Waals surface area contributed by atoms with Gasteiger partial charge in [-0.15, -0.1) is 10.2 Å². The standard InChI is InChI=1S/C9H14ClN3O/c1-3-13(6-7-14-2)9-5-4-8(10)11-12-9/h4-5H,3,6-7H2,1-2H3. The first-order valence-electron chi connectivity index (χ1n) is 4.51. The lowest BCUT2D eigenvalue weighted by Gasteiger charge is -2.20. The van der Waals surface area contributed by atoms with Crippen molar-refractivity contribution in [2.24, 2.45) is 0 Å². The topological polar surface area (TPSA) is 38.2 Å². The Morgan fingerprint density at radius 3 is 2.71 bits per heavy atom. The molecule has 4 nitrogen and oxygen atoms in total. The van der Waals surface area contributed by atoms with E-state index >= 15 is 0 Å². The van der Waals surface area contributed by atoms with E-state index in [0.717, 1.165) is 18.9 Å². The third kappa shape index (κ3) is 3.12. The van der Waals surface area contributed by atoms with Gasteiger partial charge in [-0.2, -0.15) is 0 Å². The normalized spacial score (nSPS) is 10.2. The molecule has 14 heavy (non-hydrogen) atoms. The average Bonchev–Trinajstić information content (AvgIpc) is 2.21. The molecule has 0 aromatic carbocycles. The number of aromatic nitrogens is 2. The summed E-state index contributed by atoms with van der Waals surface area (Å²) in [6.07, 6.45) is 0. The molecular formula is C9H14ClN3O. The lowest BCUT2D eigenvalue weighted by molar-refractivity contribution is 0.205. The summed E-state index contributed by atoms with van der Waals surface area (Å²) in [6, 6.07) is 3.59. The van der Waals surface area contributed by atoms with Gasteiger partial charge in [-0.3, -0.25) is 0 Å². The molecule has 0 saturated carbocycles. The number of hydrogen-bond acceptors (Lipinski definition) is 4. The summed E-state index contributed by atoms with van der Waals surface area (Å²) in [5.41, 5.74) is 0. The molecular weight excluding hydrogens is 202 g/mol. The summed E-state index contributed by atoms with van der Waals surface area (Å²) >= 11 is 5.65. The maximum atomic E-state index is 5.65. The van der Waals surface area contributed by atoms with Crippen LogP contribution in [0, 0.1) is 0 Å². The van der Waals surface area contributed by atoms with Crippen LogP contribution in [-0.4, -0.2) is 37.0 Å². The smallest absolute Gasteiger partial charge is 0.151 e. The van der Waals surface area contributed by atoms with Crippen LogP contribution in [0.3, 0.4) is 0 Å². The quantitative estimate of drug-likeness (QED) is 0.748. The van der Waals surface area contributed by atoms with Gasteiger partial charge >= 0.3 is 0 Å². The van der Waals surface area contributed by atoms with Crippen molar-refractivity contribution in [2.75, 3.05) is 31.7 Å². The van der Waals surface area contributed by atoms with Gasteiger partial charge in [-0.1, -0.05) is 11.6 Å². The van der Waals surface area contributed by atoms with Gasteiger partial charge < -0.3 is 9.64 Å². The van der Waals surface area contributed by atoms with Gasteiger partial charge in [0, 0.05) is 20.2 Å². The number of anilines is 1. The number of halogens is 1. The number of rotatable bonds is 5. The molecule has 0 bridgehead atoms. The number of likely N-dealkylation sites (N-methyl/N-ethyl adjacent to an activating group) is 1. The first-order valence-corrected chi connectivity index (χ1v) is 4.88. The van der Waals surface area contributed by atoms with Crippen LogP contribution in [-0.2, 0) is 4.74 Å². The average molecular weight is 216 g/mol. The van der Waals surface area contributed by atoms with E-state index in [1.165, 1.54) is 0 Å². The molecule has 1 aromatic heterocycles. The molecule has 0 saturated heterocycles. The van der Waals surface area contributed by atoms with Crippen molar-refractivity contribution in [3.05, 3.63) is 17.3 Å². The first kappa shape index (κ1) is 11.2. The summed E-state index contributed by atoms with van der Waals surface area (Å²) in [7, 11) is 1.68. The fraction of sp³-hybridized carbons (Fsp3) is 0.556. The Balaban J connectivity index is 2.64. The third-order valence-electron chi connectivity index (χ3n) is 1.89. The molecule has 0 radical (unpaired) electrons. The van der Waals surface area contributed by atoms with Crippen LogP contribution in [0.15, 0.2) is 12.1 Å². The molecule has 1 heterocycles. The van der Waals surface area contributed by atoms with Crippen molar-refractivity contribution in [2.45, 2.75) is 6.92 Å². The number of nitrogens with zero attached hydrogens (tertiary/aromatic N) is 3. The van der Waals surface area contributed by atoms with Crippen LogP contribution in [0.25, 0.3) is 0 Å². The molecule has 0 unspecified atom stereocenters. The lowest BCUT2D eigenvalue weighted by atomic mass is 10.4. The fourth-order valence-electron chi connectivity index (χ4n) is 1.11. The molecule has 1 aromatic rings. The van der Waals surface area contributed by atoms with Crippen molar-refractivity contribution < 1.29 is 4.74 Å². The van der Waals surface area contributed by atoms with E-state index in [2.05, 4.69) is 22.0 Å². The third-order valence-corrected chi connectivity index (χ3v) is 2.09. The molecule has 5 heteroatoms. The van der Waals surface area contributed by atoms with Crippen LogP contribution in [0.1, 0.15) is 6.92 Å². The number of hydrogen-bond donors (Lipinski definition) is 0. The number of ether oxygens (including phenoxy) is 1. The van der Waals surface area contributed by atoms with Crippen LogP contribution >= 0.6 is 11.6 Å². The Morgan fingerprint density at radius 2 is 2.21 bits per heavy atom. The van der Waals surface area contributed by atoms with Crippen molar-refractivity contribution in [3.8, 4) is 0 Å². The minimum absolute atomic E-state index is 0.413. The van der Waals surface area contributed by atoms with E-state index in [0.29, 0.717) is 11.8 Å². The highest BCUT2D eigenvalue weighted by molar-refractivity contribution is 6.29. The van der Waals surface area contributed by atoms with Gasteiger partial charge in [-0.25, -0.2) is 0 Å². The summed E-state index contributed by atoms with van der Waals surface area (Å²) < 4.78 is 5.00. The largest absolute Gasteiger partial charge is 0.383 e. The van der Waals surface area contributed by atoms with E-state index in [-0.39, 0.29) is 0 Å². The van der Waals surface area contributed by atoms with Gasteiger partial charge in [-0.05, 0) is 19.1 Å². The van der Waals surface area contributed by atoms with E-state index in [1.807, 2.05) is 6.07 Å². The second-order valence-corrected chi connectivity index (χ2v) is 3.17. The summed E-state index contributed by atoms with van der Waals surface area (Å²) in [5.74, 6) is 0.828. The van der Waals surface area contributed by atoms with E-state index in [4.69, 9.17) is 16.3 Å². The fourth-order valence-corrected chi connectivity index (χ4v) is 1.21. The summed E-state index contributed by atoms with van der Waals surface area (Å²) in [4.78, 5) is 2.08. The minimum atomic E-state index is 0.413. The van der Waals surface area contributed by atoms with Gasteiger partial charge in [0.15, 0.2) is 11.0 Å². The number of methoxy groups -OCH3 is 1. The molecule has 0 spiro atoms. The first-order chi connectivity index (χ1) is 6.77. The predicted molar refractivity (Wildman–Crippen MR) is 56.8 cm³/mol.